The number of carbonyl (C=O) groups is 1. The van der Waals surface area contributed by atoms with Gasteiger partial charge in [0.15, 0.2) is 0 Å². The van der Waals surface area contributed by atoms with E-state index in [-0.39, 0.29) is 29.9 Å². The van der Waals surface area contributed by atoms with E-state index < -0.39 is 0 Å². The highest BCUT2D eigenvalue weighted by atomic mass is 32.1. The number of benzene rings is 1. The zero-order valence-corrected chi connectivity index (χ0v) is 17.2. The lowest BCUT2D eigenvalue weighted by Crippen LogP contribution is -2.34. The zero-order valence-electron chi connectivity index (χ0n) is 16.4. The Kier molecular flexibility index (Phi) is 5.76. The molecule has 152 valence electrons. The molecule has 1 fully saturated rings. The van der Waals surface area contributed by atoms with E-state index in [9.17, 15) is 14.0 Å². The van der Waals surface area contributed by atoms with Crippen molar-refractivity contribution in [2.75, 3.05) is 0 Å². The number of nitrogens with zero attached hydrogens (tertiary/aromatic N) is 2. The summed E-state index contributed by atoms with van der Waals surface area (Å²) >= 11 is 1.25. The van der Waals surface area contributed by atoms with E-state index in [4.69, 9.17) is 0 Å². The molecular weight excluding hydrogens is 389 g/mol. The Morgan fingerprint density at radius 3 is 2.69 bits per heavy atom. The number of amides is 1. The number of rotatable bonds is 4. The fourth-order valence-electron chi connectivity index (χ4n) is 3.97. The summed E-state index contributed by atoms with van der Waals surface area (Å²) < 4.78 is 15.4. The number of hydrogen-bond donors (Lipinski definition) is 1. The average Bonchev–Trinajstić information content (AvgIpc) is 2.87. The van der Waals surface area contributed by atoms with Crippen LogP contribution in [-0.4, -0.2) is 21.5 Å². The molecule has 0 bridgehead atoms. The van der Waals surface area contributed by atoms with Gasteiger partial charge in [0.05, 0.1) is 23.1 Å². The number of aryl methyl sites for hydroxylation is 1. The third-order valence-electron chi connectivity index (χ3n) is 5.61. The van der Waals surface area contributed by atoms with Gasteiger partial charge in [0.2, 0.25) is 0 Å². The molecule has 1 aliphatic carbocycles. The summed E-state index contributed by atoms with van der Waals surface area (Å²) in [6, 6.07) is 6.57. The van der Waals surface area contributed by atoms with E-state index in [1.165, 1.54) is 41.1 Å². The number of carbonyl (C=O) groups excluding carboxylic acids is 1. The predicted octanol–water partition coefficient (Wildman–Crippen LogP) is 4.41. The highest BCUT2D eigenvalue weighted by Gasteiger charge is 2.22. The fourth-order valence-corrected chi connectivity index (χ4v) is 5.02. The number of thiophene rings is 1. The molecule has 1 aromatic carbocycles. The van der Waals surface area contributed by atoms with Crippen LogP contribution in [0.2, 0.25) is 0 Å². The predicted molar refractivity (Wildman–Crippen MR) is 113 cm³/mol. The Morgan fingerprint density at radius 1 is 1.24 bits per heavy atom. The molecule has 0 unspecified atom stereocenters. The summed E-state index contributed by atoms with van der Waals surface area (Å²) in [7, 11) is 0. The molecule has 0 atom stereocenters. The van der Waals surface area contributed by atoms with Crippen molar-refractivity contribution < 1.29 is 9.18 Å². The molecule has 1 amide bonds. The molecule has 7 heteroatoms. The molecular formula is C22H24FN3O2S. The van der Waals surface area contributed by atoms with Crippen LogP contribution >= 0.6 is 11.3 Å². The molecule has 0 radical (unpaired) electrons. The Balaban J connectivity index is 1.63. The molecule has 1 N–H and O–H groups in total. The van der Waals surface area contributed by atoms with Crippen LogP contribution in [0.4, 0.5) is 4.39 Å². The van der Waals surface area contributed by atoms with E-state index in [1.807, 2.05) is 0 Å². The van der Waals surface area contributed by atoms with Crippen LogP contribution in [0, 0.1) is 12.7 Å². The molecule has 5 nitrogen and oxygen atoms in total. The quantitative estimate of drug-likeness (QED) is 0.645. The summed E-state index contributed by atoms with van der Waals surface area (Å²) in [6.45, 7) is 1.89. The van der Waals surface area contributed by atoms with Crippen LogP contribution in [0.3, 0.4) is 0 Å². The minimum absolute atomic E-state index is 0.105. The lowest BCUT2D eigenvalue weighted by molar-refractivity contribution is 0.0937. The van der Waals surface area contributed by atoms with Gasteiger partial charge in [0.25, 0.3) is 11.5 Å². The van der Waals surface area contributed by atoms with Crippen LogP contribution in [-0.2, 0) is 6.54 Å². The van der Waals surface area contributed by atoms with Crippen LogP contribution in [0.5, 0.6) is 0 Å². The number of halogens is 1. The number of nitrogens with one attached hydrogen (secondary N) is 1. The molecule has 1 saturated carbocycles. The normalized spacial score (nSPS) is 15.4. The molecule has 1 aliphatic rings. The van der Waals surface area contributed by atoms with E-state index >= 15 is 0 Å². The first-order valence-electron chi connectivity index (χ1n) is 10.1. The van der Waals surface area contributed by atoms with Crippen LogP contribution in [0.15, 0.2) is 35.4 Å². The third kappa shape index (κ3) is 4.10. The second-order valence-corrected chi connectivity index (χ2v) is 8.67. The van der Waals surface area contributed by atoms with Crippen LogP contribution < -0.4 is 10.9 Å². The summed E-state index contributed by atoms with van der Waals surface area (Å²) in [5.74, 6) is -0.484. The van der Waals surface area contributed by atoms with Crippen molar-refractivity contribution in [2.45, 2.75) is 58.0 Å². The SMILES string of the molecule is Cc1c(C(=O)NC2CCCCCC2)sc2ncn(Cc3ccccc3F)c(=O)c12. The Bertz CT molecular complexity index is 1100. The topological polar surface area (TPSA) is 64.0 Å². The lowest BCUT2D eigenvalue weighted by atomic mass is 10.1. The second kappa shape index (κ2) is 8.45. The van der Waals surface area contributed by atoms with Gasteiger partial charge in [-0.2, -0.15) is 0 Å². The zero-order chi connectivity index (χ0) is 20.4. The van der Waals surface area contributed by atoms with Crippen LogP contribution in [0.1, 0.15) is 59.3 Å². The smallest absolute Gasteiger partial charge is 0.262 e. The van der Waals surface area contributed by atoms with E-state index in [0.717, 1.165) is 25.7 Å². The number of hydrogen-bond acceptors (Lipinski definition) is 4. The van der Waals surface area contributed by atoms with Gasteiger partial charge in [-0.15, -0.1) is 11.3 Å². The first kappa shape index (κ1) is 19.8. The van der Waals surface area contributed by atoms with Crippen molar-refractivity contribution in [3.05, 3.63) is 62.8 Å². The van der Waals surface area contributed by atoms with Gasteiger partial charge in [0, 0.05) is 11.6 Å². The molecule has 0 aliphatic heterocycles. The van der Waals surface area contributed by atoms with Gasteiger partial charge in [0.1, 0.15) is 10.6 Å². The number of aromatic nitrogens is 2. The standard InChI is InChI=1S/C22H24FN3O2S/c1-14-18-21(29-19(14)20(27)25-16-9-4-2-3-5-10-16)24-13-26(22(18)28)12-15-8-6-7-11-17(15)23/h6-8,11,13,16H,2-5,9-10,12H2,1H3,(H,25,27). The second-order valence-electron chi connectivity index (χ2n) is 7.67. The Hall–Kier alpha value is -2.54. The maximum Gasteiger partial charge on any atom is 0.262 e. The van der Waals surface area contributed by atoms with Crippen molar-refractivity contribution in [3.63, 3.8) is 0 Å². The maximum atomic E-state index is 14.0. The minimum Gasteiger partial charge on any atom is -0.349 e. The van der Waals surface area contributed by atoms with Crippen molar-refractivity contribution in [3.8, 4) is 0 Å². The molecule has 2 aromatic heterocycles. The summed E-state index contributed by atoms with van der Waals surface area (Å²) in [5.41, 5.74) is 0.826. The van der Waals surface area contributed by atoms with Gasteiger partial charge in [-0.05, 0) is 31.4 Å². The van der Waals surface area contributed by atoms with Gasteiger partial charge in [-0.25, -0.2) is 9.37 Å². The van der Waals surface area contributed by atoms with Gasteiger partial charge >= 0.3 is 0 Å². The van der Waals surface area contributed by atoms with Gasteiger partial charge in [-0.3, -0.25) is 14.2 Å². The first-order valence-corrected chi connectivity index (χ1v) is 10.9. The Labute approximate surface area is 172 Å². The molecule has 0 spiro atoms. The van der Waals surface area contributed by atoms with Gasteiger partial charge < -0.3 is 5.32 Å². The van der Waals surface area contributed by atoms with Crippen molar-refractivity contribution in [2.24, 2.45) is 0 Å². The van der Waals surface area contributed by atoms with Crippen molar-refractivity contribution in [1.82, 2.24) is 14.9 Å². The van der Waals surface area contributed by atoms with Gasteiger partial charge in [-0.1, -0.05) is 43.9 Å². The number of fused-ring (bicyclic) bond motifs is 1. The third-order valence-corrected chi connectivity index (χ3v) is 6.81. The van der Waals surface area contributed by atoms with E-state index in [2.05, 4.69) is 10.3 Å². The average molecular weight is 414 g/mol. The molecule has 3 aromatic rings. The molecule has 4 rings (SSSR count). The van der Waals surface area contributed by atoms with E-state index in [1.54, 1.807) is 25.1 Å². The summed E-state index contributed by atoms with van der Waals surface area (Å²) in [4.78, 5) is 31.3. The van der Waals surface area contributed by atoms with Crippen molar-refractivity contribution >= 4 is 27.5 Å². The monoisotopic (exact) mass is 413 g/mol. The maximum absolute atomic E-state index is 14.0. The van der Waals surface area contributed by atoms with E-state index in [0.29, 0.717) is 26.2 Å². The summed E-state index contributed by atoms with van der Waals surface area (Å²) in [5, 5.41) is 3.59. The molecule has 0 saturated heterocycles. The lowest BCUT2D eigenvalue weighted by Gasteiger charge is -2.15. The highest BCUT2D eigenvalue weighted by Crippen LogP contribution is 2.27. The Morgan fingerprint density at radius 2 is 1.97 bits per heavy atom. The largest absolute Gasteiger partial charge is 0.349 e. The first-order chi connectivity index (χ1) is 14.0. The molecule has 29 heavy (non-hydrogen) atoms. The highest BCUT2D eigenvalue weighted by molar-refractivity contribution is 7.20. The van der Waals surface area contributed by atoms with Crippen LogP contribution in [0.25, 0.3) is 10.2 Å². The minimum atomic E-state index is -0.356. The fraction of sp³-hybridized carbons (Fsp3) is 0.409. The van der Waals surface area contributed by atoms with Crippen molar-refractivity contribution in [1.29, 1.82) is 0 Å². The summed E-state index contributed by atoms with van der Waals surface area (Å²) in [6.07, 6.45) is 8.16. The molecule has 2 heterocycles.